The number of likely N-dealkylation sites (tertiary alicyclic amines) is 1. The molecule has 4 heteroatoms. The molecular formula is C10H23N3O. The van der Waals surface area contributed by atoms with Crippen molar-refractivity contribution in [1.82, 2.24) is 10.2 Å². The minimum Gasteiger partial charge on any atom is -0.396 e. The van der Waals surface area contributed by atoms with E-state index in [0.29, 0.717) is 18.6 Å². The van der Waals surface area contributed by atoms with E-state index in [0.717, 1.165) is 32.6 Å². The molecule has 14 heavy (non-hydrogen) atoms. The van der Waals surface area contributed by atoms with E-state index in [1.165, 1.54) is 6.42 Å². The Hall–Kier alpha value is -0.160. The molecular weight excluding hydrogens is 178 g/mol. The number of hydrogen-bond donors (Lipinski definition) is 3. The summed E-state index contributed by atoms with van der Waals surface area (Å²) in [5, 5.41) is 12.2. The lowest BCUT2D eigenvalue weighted by molar-refractivity contribution is 0.127. The zero-order chi connectivity index (χ0) is 10.4. The van der Waals surface area contributed by atoms with Crippen LogP contribution in [0.4, 0.5) is 0 Å². The molecule has 0 aliphatic carbocycles. The van der Waals surface area contributed by atoms with Gasteiger partial charge >= 0.3 is 0 Å². The van der Waals surface area contributed by atoms with Gasteiger partial charge in [-0.25, -0.2) is 0 Å². The van der Waals surface area contributed by atoms with Gasteiger partial charge < -0.3 is 21.1 Å². The average Bonchev–Trinajstić information content (AvgIpc) is 2.18. The highest BCUT2D eigenvalue weighted by atomic mass is 16.3. The van der Waals surface area contributed by atoms with Gasteiger partial charge in [0.2, 0.25) is 0 Å². The van der Waals surface area contributed by atoms with Gasteiger partial charge in [0.25, 0.3) is 0 Å². The first-order chi connectivity index (χ1) is 6.80. The Kier molecular flexibility index (Phi) is 5.40. The predicted molar refractivity (Wildman–Crippen MR) is 58.2 cm³/mol. The van der Waals surface area contributed by atoms with E-state index in [1.54, 1.807) is 0 Å². The molecule has 0 bridgehead atoms. The number of nitrogens with one attached hydrogen (secondary N) is 1. The summed E-state index contributed by atoms with van der Waals surface area (Å²) < 4.78 is 0. The normalized spacial score (nSPS) is 29.4. The van der Waals surface area contributed by atoms with Crippen LogP contribution in [-0.2, 0) is 0 Å². The second kappa shape index (κ2) is 6.35. The zero-order valence-corrected chi connectivity index (χ0v) is 9.08. The number of rotatable bonds is 5. The largest absolute Gasteiger partial charge is 0.396 e. The fourth-order valence-corrected chi connectivity index (χ4v) is 2.27. The van der Waals surface area contributed by atoms with Crippen LogP contribution in [0.1, 0.15) is 12.8 Å². The van der Waals surface area contributed by atoms with Crippen molar-refractivity contribution in [2.24, 2.45) is 11.7 Å². The second-order valence-corrected chi connectivity index (χ2v) is 4.15. The maximum Gasteiger partial charge on any atom is 0.0434 e. The van der Waals surface area contributed by atoms with Crippen molar-refractivity contribution in [3.63, 3.8) is 0 Å². The summed E-state index contributed by atoms with van der Waals surface area (Å²) in [5.74, 6) is 0.623. The summed E-state index contributed by atoms with van der Waals surface area (Å²) in [6.45, 7) is 4.19. The molecule has 1 aliphatic heterocycles. The molecule has 2 unspecified atom stereocenters. The van der Waals surface area contributed by atoms with Gasteiger partial charge in [-0.05, 0) is 25.8 Å². The molecule has 1 aliphatic rings. The van der Waals surface area contributed by atoms with Crippen LogP contribution in [0.2, 0.25) is 0 Å². The molecule has 0 saturated carbocycles. The Morgan fingerprint density at radius 2 is 2.29 bits per heavy atom. The molecule has 1 fully saturated rings. The first-order valence-corrected chi connectivity index (χ1v) is 5.50. The van der Waals surface area contributed by atoms with E-state index in [4.69, 9.17) is 10.8 Å². The summed E-state index contributed by atoms with van der Waals surface area (Å²) in [5.41, 5.74) is 5.55. The maximum absolute atomic E-state index is 8.93. The van der Waals surface area contributed by atoms with E-state index < -0.39 is 0 Å². The maximum atomic E-state index is 8.93. The smallest absolute Gasteiger partial charge is 0.0434 e. The lowest BCUT2D eigenvalue weighted by atomic mass is 9.92. The van der Waals surface area contributed by atoms with Gasteiger partial charge in [-0.15, -0.1) is 0 Å². The SMILES string of the molecule is CNC1CC(CCO)CN(CCN)C1. The van der Waals surface area contributed by atoms with Gasteiger partial charge in [0.15, 0.2) is 0 Å². The fraction of sp³-hybridized carbons (Fsp3) is 1.00. The van der Waals surface area contributed by atoms with Gasteiger partial charge in [-0.2, -0.15) is 0 Å². The monoisotopic (exact) mass is 201 g/mol. The van der Waals surface area contributed by atoms with Crippen molar-refractivity contribution in [3.05, 3.63) is 0 Å². The first kappa shape index (κ1) is 11.9. The van der Waals surface area contributed by atoms with E-state index in [9.17, 15) is 0 Å². The van der Waals surface area contributed by atoms with E-state index >= 15 is 0 Å². The molecule has 84 valence electrons. The fourth-order valence-electron chi connectivity index (χ4n) is 2.27. The molecule has 2 atom stereocenters. The second-order valence-electron chi connectivity index (χ2n) is 4.15. The van der Waals surface area contributed by atoms with Gasteiger partial charge in [0.1, 0.15) is 0 Å². The molecule has 1 heterocycles. The number of likely N-dealkylation sites (N-methyl/N-ethyl adjacent to an activating group) is 1. The predicted octanol–water partition coefficient (Wildman–Crippen LogP) is -0.763. The lowest BCUT2D eigenvalue weighted by Gasteiger charge is -2.37. The van der Waals surface area contributed by atoms with Crippen molar-refractivity contribution in [1.29, 1.82) is 0 Å². The van der Waals surface area contributed by atoms with Crippen LogP contribution in [0.25, 0.3) is 0 Å². The number of nitrogens with two attached hydrogens (primary N) is 1. The standard InChI is InChI=1S/C10H23N3O/c1-12-10-6-9(2-5-14)7-13(8-10)4-3-11/h9-10,12,14H,2-8,11H2,1H3. The van der Waals surface area contributed by atoms with Crippen LogP contribution in [0.15, 0.2) is 0 Å². The third kappa shape index (κ3) is 3.53. The molecule has 0 aromatic heterocycles. The Bertz CT molecular complexity index is 140. The Morgan fingerprint density at radius 3 is 2.86 bits per heavy atom. The Balaban J connectivity index is 2.39. The van der Waals surface area contributed by atoms with Crippen molar-refractivity contribution in [2.75, 3.05) is 39.8 Å². The topological polar surface area (TPSA) is 61.5 Å². The summed E-state index contributed by atoms with van der Waals surface area (Å²) in [6.07, 6.45) is 2.09. The number of hydrogen-bond acceptors (Lipinski definition) is 4. The molecule has 0 amide bonds. The molecule has 1 rings (SSSR count). The van der Waals surface area contributed by atoms with Gasteiger partial charge in [0, 0.05) is 38.8 Å². The average molecular weight is 201 g/mol. The van der Waals surface area contributed by atoms with Crippen LogP contribution in [0, 0.1) is 5.92 Å². The van der Waals surface area contributed by atoms with Crippen LogP contribution >= 0.6 is 0 Å². The molecule has 1 saturated heterocycles. The zero-order valence-electron chi connectivity index (χ0n) is 9.08. The quantitative estimate of drug-likeness (QED) is 0.547. The van der Waals surface area contributed by atoms with E-state index in [2.05, 4.69) is 10.2 Å². The number of aliphatic hydroxyl groups is 1. The third-order valence-corrected chi connectivity index (χ3v) is 3.00. The highest BCUT2D eigenvalue weighted by Gasteiger charge is 2.25. The minimum absolute atomic E-state index is 0.303. The molecule has 0 spiro atoms. The summed E-state index contributed by atoms with van der Waals surface area (Å²) in [4.78, 5) is 2.39. The van der Waals surface area contributed by atoms with Crippen molar-refractivity contribution in [2.45, 2.75) is 18.9 Å². The molecule has 0 aromatic carbocycles. The third-order valence-electron chi connectivity index (χ3n) is 3.00. The summed E-state index contributed by atoms with van der Waals surface area (Å²) >= 11 is 0. The van der Waals surface area contributed by atoms with Crippen molar-refractivity contribution < 1.29 is 5.11 Å². The van der Waals surface area contributed by atoms with Crippen LogP contribution < -0.4 is 11.1 Å². The highest BCUT2D eigenvalue weighted by molar-refractivity contribution is 4.82. The summed E-state index contributed by atoms with van der Waals surface area (Å²) in [7, 11) is 2.01. The van der Waals surface area contributed by atoms with Gasteiger partial charge in [-0.3, -0.25) is 0 Å². The minimum atomic E-state index is 0.303. The molecule has 4 N–H and O–H groups in total. The van der Waals surface area contributed by atoms with E-state index in [-0.39, 0.29) is 0 Å². The van der Waals surface area contributed by atoms with Crippen LogP contribution in [-0.4, -0.2) is 55.9 Å². The summed E-state index contributed by atoms with van der Waals surface area (Å²) in [6, 6.07) is 0.562. The molecule has 0 aromatic rings. The first-order valence-electron chi connectivity index (χ1n) is 5.50. The van der Waals surface area contributed by atoms with Crippen molar-refractivity contribution in [3.8, 4) is 0 Å². The highest BCUT2D eigenvalue weighted by Crippen LogP contribution is 2.19. The molecule has 0 radical (unpaired) electrons. The van der Waals surface area contributed by atoms with Gasteiger partial charge in [0.05, 0.1) is 0 Å². The number of nitrogens with zero attached hydrogens (tertiary/aromatic N) is 1. The van der Waals surface area contributed by atoms with Crippen LogP contribution in [0.3, 0.4) is 0 Å². The number of piperidine rings is 1. The Labute approximate surface area is 86.5 Å². The number of aliphatic hydroxyl groups excluding tert-OH is 1. The Morgan fingerprint density at radius 1 is 1.50 bits per heavy atom. The van der Waals surface area contributed by atoms with E-state index in [1.807, 2.05) is 7.05 Å². The van der Waals surface area contributed by atoms with Crippen molar-refractivity contribution >= 4 is 0 Å². The lowest BCUT2D eigenvalue weighted by Crippen LogP contribution is -2.49. The molecule has 4 nitrogen and oxygen atoms in total. The van der Waals surface area contributed by atoms with Crippen LogP contribution in [0.5, 0.6) is 0 Å². The van der Waals surface area contributed by atoms with Gasteiger partial charge in [-0.1, -0.05) is 0 Å².